The lowest BCUT2D eigenvalue weighted by molar-refractivity contribution is 0.105. The number of nitrogens with zero attached hydrogens (tertiary/aromatic N) is 2. The smallest absolute Gasteiger partial charge is 0.409 e. The number of rotatable bonds is 3. The van der Waals surface area contributed by atoms with Gasteiger partial charge in [0, 0.05) is 42.4 Å². The van der Waals surface area contributed by atoms with Crippen molar-refractivity contribution in [1.82, 2.24) is 4.90 Å². The van der Waals surface area contributed by atoms with Gasteiger partial charge in [0.25, 0.3) is 0 Å². The fraction of sp³-hybridized carbons (Fsp3) is 0.533. The number of anilines is 1. The van der Waals surface area contributed by atoms with E-state index in [9.17, 15) is 4.79 Å². The lowest BCUT2D eigenvalue weighted by Crippen LogP contribution is -2.49. The van der Waals surface area contributed by atoms with Crippen LogP contribution in [0.15, 0.2) is 22.7 Å². The maximum absolute atomic E-state index is 11.7. The van der Waals surface area contributed by atoms with Crippen molar-refractivity contribution < 1.29 is 9.53 Å². The number of carbonyl (C=O) groups is 1. The third-order valence-corrected chi connectivity index (χ3v) is 4.12. The molecule has 2 rings (SSSR count). The Morgan fingerprint density at radius 3 is 2.62 bits per heavy atom. The number of piperazine rings is 1. The topological polar surface area (TPSA) is 58.8 Å². The highest BCUT2D eigenvalue weighted by Crippen LogP contribution is 2.29. The molecule has 1 aromatic carbocycles. The van der Waals surface area contributed by atoms with Gasteiger partial charge in [-0.1, -0.05) is 22.0 Å². The minimum absolute atomic E-state index is 0.0174. The Morgan fingerprint density at radius 2 is 2.05 bits per heavy atom. The lowest BCUT2D eigenvalue weighted by atomic mass is 10.1. The second kappa shape index (κ2) is 7.13. The van der Waals surface area contributed by atoms with Gasteiger partial charge in [-0.15, -0.1) is 0 Å². The number of carbonyl (C=O) groups excluding carboxylic acids is 1. The average molecular weight is 356 g/mol. The van der Waals surface area contributed by atoms with E-state index in [1.807, 2.05) is 19.9 Å². The fourth-order valence-electron chi connectivity index (χ4n) is 2.52. The van der Waals surface area contributed by atoms with E-state index < -0.39 is 0 Å². The van der Waals surface area contributed by atoms with E-state index in [1.54, 1.807) is 4.90 Å². The summed E-state index contributed by atoms with van der Waals surface area (Å²) in [7, 11) is 0. The first-order valence-electron chi connectivity index (χ1n) is 7.24. The third-order valence-electron chi connectivity index (χ3n) is 3.63. The van der Waals surface area contributed by atoms with Gasteiger partial charge in [-0.2, -0.15) is 0 Å². The van der Waals surface area contributed by atoms with Gasteiger partial charge in [0.1, 0.15) is 0 Å². The van der Waals surface area contributed by atoms with Crippen LogP contribution < -0.4 is 10.6 Å². The molecule has 1 aromatic rings. The van der Waals surface area contributed by atoms with Crippen molar-refractivity contribution in [2.45, 2.75) is 19.9 Å². The van der Waals surface area contributed by atoms with Gasteiger partial charge in [-0.3, -0.25) is 0 Å². The number of halogens is 1. The van der Waals surface area contributed by atoms with Crippen molar-refractivity contribution in [2.75, 3.05) is 37.7 Å². The van der Waals surface area contributed by atoms with Crippen LogP contribution in [0.2, 0.25) is 0 Å². The normalized spacial score (nSPS) is 16.8. The van der Waals surface area contributed by atoms with Crippen molar-refractivity contribution in [3.8, 4) is 0 Å². The van der Waals surface area contributed by atoms with Crippen LogP contribution in [0, 0.1) is 0 Å². The summed E-state index contributed by atoms with van der Waals surface area (Å²) in [5.41, 5.74) is 8.33. The van der Waals surface area contributed by atoms with Gasteiger partial charge in [-0.05, 0) is 31.5 Å². The van der Waals surface area contributed by atoms with Gasteiger partial charge >= 0.3 is 6.09 Å². The number of ether oxygens (including phenoxy) is 1. The average Bonchev–Trinajstić information content (AvgIpc) is 2.47. The van der Waals surface area contributed by atoms with E-state index in [4.69, 9.17) is 10.5 Å². The van der Waals surface area contributed by atoms with Crippen LogP contribution >= 0.6 is 15.9 Å². The Balaban J connectivity index is 2.08. The van der Waals surface area contributed by atoms with Gasteiger partial charge in [0.05, 0.1) is 6.61 Å². The third kappa shape index (κ3) is 3.89. The van der Waals surface area contributed by atoms with Crippen LogP contribution in [-0.4, -0.2) is 43.8 Å². The van der Waals surface area contributed by atoms with Crippen LogP contribution in [-0.2, 0) is 4.74 Å². The Bertz CT molecular complexity index is 500. The molecule has 5 nitrogen and oxygen atoms in total. The predicted molar refractivity (Wildman–Crippen MR) is 87.6 cm³/mol. The van der Waals surface area contributed by atoms with Gasteiger partial charge in [-0.25, -0.2) is 4.79 Å². The molecule has 0 spiro atoms. The van der Waals surface area contributed by atoms with Crippen molar-refractivity contribution in [3.63, 3.8) is 0 Å². The van der Waals surface area contributed by atoms with Gasteiger partial charge < -0.3 is 20.3 Å². The first kappa shape index (κ1) is 16.1. The molecule has 21 heavy (non-hydrogen) atoms. The van der Waals surface area contributed by atoms with Crippen LogP contribution in [0.5, 0.6) is 0 Å². The number of benzene rings is 1. The SMILES string of the molecule is CCOC(=O)N1CCN(c2cc(Br)ccc2C(C)N)CC1. The maximum Gasteiger partial charge on any atom is 0.409 e. The highest BCUT2D eigenvalue weighted by atomic mass is 79.9. The Morgan fingerprint density at radius 1 is 1.38 bits per heavy atom. The van der Waals surface area contributed by atoms with Gasteiger partial charge in [0.2, 0.25) is 0 Å². The second-order valence-corrected chi connectivity index (χ2v) is 6.08. The zero-order chi connectivity index (χ0) is 15.4. The molecule has 6 heteroatoms. The van der Waals surface area contributed by atoms with Gasteiger partial charge in [0.15, 0.2) is 0 Å². The summed E-state index contributed by atoms with van der Waals surface area (Å²) < 4.78 is 6.08. The second-order valence-electron chi connectivity index (χ2n) is 5.16. The lowest BCUT2D eigenvalue weighted by Gasteiger charge is -2.36. The van der Waals surface area contributed by atoms with E-state index in [-0.39, 0.29) is 12.1 Å². The number of amides is 1. The highest BCUT2D eigenvalue weighted by molar-refractivity contribution is 9.10. The Labute approximate surface area is 134 Å². The largest absolute Gasteiger partial charge is 0.450 e. The number of hydrogen-bond donors (Lipinski definition) is 1. The van der Waals surface area contributed by atoms with Crippen LogP contribution in [0.1, 0.15) is 25.5 Å². The van der Waals surface area contributed by atoms with Crippen LogP contribution in [0.4, 0.5) is 10.5 Å². The summed E-state index contributed by atoms with van der Waals surface area (Å²) in [5, 5.41) is 0. The number of nitrogens with two attached hydrogens (primary N) is 1. The van der Waals surface area contributed by atoms with E-state index in [0.29, 0.717) is 19.7 Å². The molecule has 1 saturated heterocycles. The zero-order valence-electron chi connectivity index (χ0n) is 12.5. The van der Waals surface area contributed by atoms with Crippen LogP contribution in [0.3, 0.4) is 0 Å². The molecule has 0 aliphatic carbocycles. The molecule has 0 radical (unpaired) electrons. The molecular formula is C15H22BrN3O2. The molecule has 1 aliphatic rings. The fourth-order valence-corrected chi connectivity index (χ4v) is 2.87. The highest BCUT2D eigenvalue weighted by Gasteiger charge is 2.23. The number of hydrogen-bond acceptors (Lipinski definition) is 4. The summed E-state index contributed by atoms with van der Waals surface area (Å²) >= 11 is 3.52. The molecule has 1 heterocycles. The minimum atomic E-state index is -0.223. The standard InChI is InChI=1S/C15H22BrN3O2/c1-3-21-15(20)19-8-6-18(7-9-19)14-10-12(16)4-5-13(14)11(2)17/h4-5,10-11H,3,6-9,17H2,1-2H3. The molecule has 0 bridgehead atoms. The first-order chi connectivity index (χ1) is 10.0. The zero-order valence-corrected chi connectivity index (χ0v) is 14.1. The van der Waals surface area contributed by atoms with E-state index in [2.05, 4.69) is 33.0 Å². The molecule has 1 aliphatic heterocycles. The van der Waals surface area contributed by atoms with Crippen molar-refractivity contribution in [2.24, 2.45) is 5.73 Å². The van der Waals surface area contributed by atoms with Crippen molar-refractivity contribution in [3.05, 3.63) is 28.2 Å². The summed E-state index contributed by atoms with van der Waals surface area (Å²) in [5.74, 6) is 0. The summed E-state index contributed by atoms with van der Waals surface area (Å²) in [4.78, 5) is 15.8. The molecule has 1 atom stereocenters. The predicted octanol–water partition coefficient (Wildman–Crippen LogP) is 2.75. The Hall–Kier alpha value is -1.27. The molecule has 0 saturated carbocycles. The molecular weight excluding hydrogens is 334 g/mol. The monoisotopic (exact) mass is 355 g/mol. The van der Waals surface area contributed by atoms with Crippen molar-refractivity contribution >= 4 is 27.7 Å². The summed E-state index contributed by atoms with van der Waals surface area (Å²) in [6, 6.07) is 6.15. The summed E-state index contributed by atoms with van der Waals surface area (Å²) in [6.45, 7) is 7.14. The quantitative estimate of drug-likeness (QED) is 0.905. The first-order valence-corrected chi connectivity index (χ1v) is 8.04. The molecule has 1 unspecified atom stereocenters. The molecule has 116 valence electrons. The summed E-state index contributed by atoms with van der Waals surface area (Å²) in [6.07, 6.45) is -0.223. The molecule has 1 fully saturated rings. The van der Waals surface area contributed by atoms with E-state index >= 15 is 0 Å². The maximum atomic E-state index is 11.7. The molecule has 1 amide bonds. The molecule has 2 N–H and O–H groups in total. The van der Waals surface area contributed by atoms with E-state index in [1.165, 1.54) is 0 Å². The Kier molecular flexibility index (Phi) is 5.47. The van der Waals surface area contributed by atoms with Crippen LogP contribution in [0.25, 0.3) is 0 Å². The molecule has 0 aromatic heterocycles. The minimum Gasteiger partial charge on any atom is -0.450 e. The van der Waals surface area contributed by atoms with E-state index in [0.717, 1.165) is 28.8 Å². The van der Waals surface area contributed by atoms with Crippen molar-refractivity contribution in [1.29, 1.82) is 0 Å².